The number of H-pyrrole nitrogens is 1. The van der Waals surface area contributed by atoms with Crippen molar-refractivity contribution in [2.45, 2.75) is 6.42 Å². The lowest BCUT2D eigenvalue weighted by Crippen LogP contribution is -2.08. The molecular weight excluding hydrogens is 352 g/mol. The van der Waals surface area contributed by atoms with Crippen LogP contribution >= 0.6 is 0 Å². The molecule has 0 aliphatic rings. The molecule has 0 spiro atoms. The summed E-state index contributed by atoms with van der Waals surface area (Å²) in [5.74, 6) is 0. The number of nitro benzene ring substituents is 1. The van der Waals surface area contributed by atoms with Crippen LogP contribution < -0.4 is 5.43 Å². The van der Waals surface area contributed by atoms with Gasteiger partial charge in [0.15, 0.2) is 0 Å². The van der Waals surface area contributed by atoms with E-state index in [0.29, 0.717) is 12.1 Å². The molecule has 138 valence electrons. The summed E-state index contributed by atoms with van der Waals surface area (Å²) >= 11 is 0. The number of benzene rings is 3. The molecule has 4 aromatic rings. The number of non-ortho nitro benzene ring substituents is 1. The molecule has 28 heavy (non-hydrogen) atoms. The number of nitrogens with one attached hydrogen (secondary N) is 2. The van der Waals surface area contributed by atoms with Crippen molar-refractivity contribution in [2.75, 3.05) is 5.43 Å². The van der Waals surface area contributed by atoms with Crippen molar-refractivity contribution in [1.29, 1.82) is 0 Å². The number of hydrogen-bond acceptors (Lipinski definition) is 4. The van der Waals surface area contributed by atoms with Gasteiger partial charge in [-0.15, -0.1) is 0 Å². The molecule has 0 radical (unpaired) electrons. The highest BCUT2D eigenvalue weighted by molar-refractivity contribution is 6.11. The highest BCUT2D eigenvalue weighted by Gasteiger charge is 2.11. The molecule has 0 saturated carbocycles. The fourth-order valence-corrected chi connectivity index (χ4v) is 3.08. The second-order valence-corrected chi connectivity index (χ2v) is 6.38. The van der Waals surface area contributed by atoms with Gasteiger partial charge in [0.1, 0.15) is 0 Å². The van der Waals surface area contributed by atoms with E-state index in [0.717, 1.165) is 27.7 Å². The Morgan fingerprint density at radius 1 is 0.964 bits per heavy atom. The van der Waals surface area contributed by atoms with E-state index in [4.69, 9.17) is 0 Å². The molecule has 6 heteroatoms. The average Bonchev–Trinajstić information content (AvgIpc) is 3.16. The number of aromatic nitrogens is 1. The zero-order valence-corrected chi connectivity index (χ0v) is 15.0. The van der Waals surface area contributed by atoms with Crippen LogP contribution in [0.1, 0.15) is 11.1 Å². The van der Waals surface area contributed by atoms with Gasteiger partial charge in [-0.25, -0.2) is 0 Å². The summed E-state index contributed by atoms with van der Waals surface area (Å²) in [7, 11) is 0. The van der Waals surface area contributed by atoms with Crippen molar-refractivity contribution in [3.63, 3.8) is 0 Å². The second kappa shape index (κ2) is 7.75. The zero-order valence-electron chi connectivity index (χ0n) is 15.0. The lowest BCUT2D eigenvalue weighted by molar-refractivity contribution is -0.384. The first-order valence-electron chi connectivity index (χ1n) is 8.88. The summed E-state index contributed by atoms with van der Waals surface area (Å²) < 4.78 is 0. The van der Waals surface area contributed by atoms with Crippen LogP contribution in [0.3, 0.4) is 0 Å². The van der Waals surface area contributed by atoms with Crippen molar-refractivity contribution < 1.29 is 4.92 Å². The van der Waals surface area contributed by atoms with Crippen molar-refractivity contribution in [1.82, 2.24) is 4.98 Å². The Morgan fingerprint density at radius 3 is 2.43 bits per heavy atom. The Balaban J connectivity index is 1.68. The van der Waals surface area contributed by atoms with Gasteiger partial charge < -0.3 is 4.98 Å². The minimum atomic E-state index is -0.417. The summed E-state index contributed by atoms with van der Waals surface area (Å²) in [5, 5.41) is 16.5. The van der Waals surface area contributed by atoms with E-state index >= 15 is 0 Å². The van der Waals surface area contributed by atoms with Crippen LogP contribution in [0, 0.1) is 10.1 Å². The number of hydrazone groups is 1. The number of rotatable bonds is 6. The van der Waals surface area contributed by atoms with Gasteiger partial charge in [-0.05, 0) is 23.8 Å². The molecule has 0 unspecified atom stereocenters. The number of anilines is 1. The number of aromatic amines is 1. The largest absolute Gasteiger partial charge is 0.360 e. The minimum Gasteiger partial charge on any atom is -0.360 e. The predicted octanol–water partition coefficient (Wildman–Crippen LogP) is 5.14. The van der Waals surface area contributed by atoms with Gasteiger partial charge in [0.25, 0.3) is 5.69 Å². The normalized spacial score (nSPS) is 11.5. The summed E-state index contributed by atoms with van der Waals surface area (Å²) in [5.41, 5.74) is 7.88. The SMILES string of the molecule is O=[N+]([O-])c1ccc(N/N=C(\Cc2ccccc2)c2c[nH]c3ccccc23)cc1. The Labute approximate surface area is 161 Å². The van der Waals surface area contributed by atoms with Crippen molar-refractivity contribution in [2.24, 2.45) is 5.10 Å². The minimum absolute atomic E-state index is 0.0515. The maximum Gasteiger partial charge on any atom is 0.269 e. The van der Waals surface area contributed by atoms with Gasteiger partial charge in [0.05, 0.1) is 16.3 Å². The van der Waals surface area contributed by atoms with Gasteiger partial charge in [0, 0.05) is 41.2 Å². The number of fused-ring (bicyclic) bond motifs is 1. The fraction of sp³-hybridized carbons (Fsp3) is 0.0455. The maximum absolute atomic E-state index is 10.8. The molecule has 0 aliphatic heterocycles. The van der Waals surface area contributed by atoms with E-state index in [1.807, 2.05) is 42.6 Å². The smallest absolute Gasteiger partial charge is 0.269 e. The van der Waals surface area contributed by atoms with Gasteiger partial charge in [-0.3, -0.25) is 15.5 Å². The lowest BCUT2D eigenvalue weighted by Gasteiger charge is -2.08. The molecule has 6 nitrogen and oxygen atoms in total. The number of nitrogens with zero attached hydrogens (tertiary/aromatic N) is 2. The highest BCUT2D eigenvalue weighted by atomic mass is 16.6. The molecule has 2 N–H and O–H groups in total. The second-order valence-electron chi connectivity index (χ2n) is 6.38. The molecular formula is C22H18N4O2. The first kappa shape index (κ1) is 17.5. The van der Waals surface area contributed by atoms with Crippen LogP contribution in [0.5, 0.6) is 0 Å². The molecule has 0 amide bonds. The molecule has 1 aromatic heterocycles. The van der Waals surface area contributed by atoms with E-state index in [1.165, 1.54) is 12.1 Å². The molecule has 4 rings (SSSR count). The summed E-state index contributed by atoms with van der Waals surface area (Å²) in [6.07, 6.45) is 2.62. The van der Waals surface area contributed by atoms with E-state index < -0.39 is 4.92 Å². The van der Waals surface area contributed by atoms with Crippen LogP contribution in [-0.2, 0) is 6.42 Å². The standard InChI is InChI=1S/C22H18N4O2/c27-26(28)18-12-10-17(11-13-18)24-25-22(14-16-6-2-1-3-7-16)20-15-23-21-9-5-4-8-19(20)21/h1-13,15,23-24H,14H2/b25-22+. The number of nitro groups is 1. The summed E-state index contributed by atoms with van der Waals surface area (Å²) in [4.78, 5) is 13.7. The van der Waals surface area contributed by atoms with Crippen LogP contribution in [0.25, 0.3) is 10.9 Å². The molecule has 0 atom stereocenters. The maximum atomic E-state index is 10.8. The quantitative estimate of drug-likeness (QED) is 0.280. The van der Waals surface area contributed by atoms with Gasteiger partial charge in [-0.2, -0.15) is 5.10 Å². The third-order valence-corrected chi connectivity index (χ3v) is 4.51. The fourth-order valence-electron chi connectivity index (χ4n) is 3.08. The zero-order chi connectivity index (χ0) is 19.3. The topological polar surface area (TPSA) is 83.3 Å². The lowest BCUT2D eigenvalue weighted by atomic mass is 10.0. The van der Waals surface area contributed by atoms with Crippen molar-refractivity contribution in [3.05, 3.63) is 106 Å². The van der Waals surface area contributed by atoms with E-state index in [-0.39, 0.29) is 5.69 Å². The Hall–Kier alpha value is -3.93. The molecule has 0 bridgehead atoms. The molecule has 0 aliphatic carbocycles. The highest BCUT2D eigenvalue weighted by Crippen LogP contribution is 2.21. The van der Waals surface area contributed by atoms with E-state index in [2.05, 4.69) is 33.7 Å². The van der Waals surface area contributed by atoms with Crippen LogP contribution in [0.2, 0.25) is 0 Å². The monoisotopic (exact) mass is 370 g/mol. The van der Waals surface area contributed by atoms with E-state index in [9.17, 15) is 10.1 Å². The first-order chi connectivity index (χ1) is 13.7. The molecule has 0 saturated heterocycles. The first-order valence-corrected chi connectivity index (χ1v) is 8.88. The molecule has 1 heterocycles. The van der Waals surface area contributed by atoms with Crippen LogP contribution in [-0.4, -0.2) is 15.6 Å². The van der Waals surface area contributed by atoms with Crippen LogP contribution in [0.4, 0.5) is 11.4 Å². The third kappa shape index (κ3) is 3.76. The number of para-hydroxylation sites is 1. The van der Waals surface area contributed by atoms with Gasteiger partial charge >= 0.3 is 0 Å². The Kier molecular flexibility index (Phi) is 4.84. The van der Waals surface area contributed by atoms with Crippen LogP contribution in [0.15, 0.2) is 90.2 Å². The van der Waals surface area contributed by atoms with E-state index in [1.54, 1.807) is 12.1 Å². The van der Waals surface area contributed by atoms with Crippen molar-refractivity contribution >= 4 is 28.0 Å². The summed E-state index contributed by atoms with van der Waals surface area (Å²) in [6, 6.07) is 24.4. The Bertz CT molecular complexity index is 1130. The van der Waals surface area contributed by atoms with Gasteiger partial charge in [-0.1, -0.05) is 48.5 Å². The predicted molar refractivity (Wildman–Crippen MR) is 112 cm³/mol. The Morgan fingerprint density at radius 2 is 1.68 bits per heavy atom. The number of hydrogen-bond donors (Lipinski definition) is 2. The molecule has 0 fully saturated rings. The summed E-state index contributed by atoms with van der Waals surface area (Å²) in [6.45, 7) is 0. The third-order valence-electron chi connectivity index (χ3n) is 4.51. The molecule has 3 aromatic carbocycles. The average molecular weight is 370 g/mol. The van der Waals surface area contributed by atoms with Crippen molar-refractivity contribution in [3.8, 4) is 0 Å². The van der Waals surface area contributed by atoms with Gasteiger partial charge in [0.2, 0.25) is 0 Å².